The van der Waals surface area contributed by atoms with Crippen molar-refractivity contribution >= 4 is 11.9 Å². The summed E-state index contributed by atoms with van der Waals surface area (Å²) in [5.41, 5.74) is -0.362. The first kappa shape index (κ1) is 14.4. The van der Waals surface area contributed by atoms with Crippen LogP contribution < -0.4 is 0 Å². The predicted molar refractivity (Wildman–Crippen MR) is 72.1 cm³/mol. The van der Waals surface area contributed by atoms with Crippen LogP contribution in [0, 0.1) is 5.41 Å². The van der Waals surface area contributed by atoms with Gasteiger partial charge in [0, 0.05) is 25.5 Å². The van der Waals surface area contributed by atoms with Crippen molar-refractivity contribution in [1.29, 1.82) is 0 Å². The van der Waals surface area contributed by atoms with Crippen LogP contribution in [0.1, 0.15) is 43.1 Å². The highest BCUT2D eigenvalue weighted by Gasteiger charge is 2.41. The van der Waals surface area contributed by atoms with Gasteiger partial charge in [-0.2, -0.15) is 0 Å². The van der Waals surface area contributed by atoms with Crippen LogP contribution in [0.4, 0.5) is 0 Å². The fourth-order valence-corrected chi connectivity index (χ4v) is 2.76. The molecule has 1 aliphatic rings. The van der Waals surface area contributed by atoms with Crippen LogP contribution in [0.25, 0.3) is 0 Å². The number of aromatic nitrogens is 2. The molecule has 1 aliphatic heterocycles. The van der Waals surface area contributed by atoms with E-state index in [-0.39, 0.29) is 5.91 Å². The van der Waals surface area contributed by atoms with E-state index in [2.05, 4.69) is 9.97 Å². The van der Waals surface area contributed by atoms with Crippen molar-refractivity contribution in [2.24, 2.45) is 5.41 Å². The number of nitrogens with zero attached hydrogens (tertiary/aromatic N) is 3. The van der Waals surface area contributed by atoms with Gasteiger partial charge in [0.2, 0.25) is 0 Å². The monoisotopic (exact) mass is 277 g/mol. The second-order valence-electron chi connectivity index (χ2n) is 5.22. The average molecular weight is 277 g/mol. The van der Waals surface area contributed by atoms with E-state index in [1.807, 2.05) is 6.92 Å². The average Bonchev–Trinajstić information content (AvgIpc) is 2.48. The SMILES string of the molecule is CCCC1(C(=O)O)CCN(C(=O)c2cnccn2)CC1. The molecule has 1 aromatic rings. The van der Waals surface area contributed by atoms with Crippen LogP contribution in [-0.4, -0.2) is 44.9 Å². The Labute approximate surface area is 117 Å². The van der Waals surface area contributed by atoms with Crippen molar-refractivity contribution in [3.63, 3.8) is 0 Å². The smallest absolute Gasteiger partial charge is 0.309 e. The quantitative estimate of drug-likeness (QED) is 0.903. The maximum atomic E-state index is 12.2. The summed E-state index contributed by atoms with van der Waals surface area (Å²) in [5.74, 6) is -0.917. The van der Waals surface area contributed by atoms with Gasteiger partial charge in [0.1, 0.15) is 5.69 Å². The van der Waals surface area contributed by atoms with Crippen LogP contribution in [0.15, 0.2) is 18.6 Å². The van der Waals surface area contributed by atoms with Crippen molar-refractivity contribution in [2.75, 3.05) is 13.1 Å². The summed E-state index contributed by atoms with van der Waals surface area (Å²) in [4.78, 5) is 33.2. The number of hydrogen-bond acceptors (Lipinski definition) is 4. The van der Waals surface area contributed by atoms with Crippen molar-refractivity contribution in [3.05, 3.63) is 24.3 Å². The molecule has 108 valence electrons. The van der Waals surface area contributed by atoms with Gasteiger partial charge in [0.15, 0.2) is 0 Å². The number of amides is 1. The molecular weight excluding hydrogens is 258 g/mol. The van der Waals surface area contributed by atoms with Gasteiger partial charge in [-0.05, 0) is 19.3 Å². The van der Waals surface area contributed by atoms with Crippen molar-refractivity contribution < 1.29 is 14.7 Å². The van der Waals surface area contributed by atoms with Crippen molar-refractivity contribution in [3.8, 4) is 0 Å². The van der Waals surface area contributed by atoms with Gasteiger partial charge < -0.3 is 10.0 Å². The minimum atomic E-state index is -0.744. The minimum Gasteiger partial charge on any atom is -0.481 e. The van der Waals surface area contributed by atoms with Gasteiger partial charge in [-0.1, -0.05) is 13.3 Å². The van der Waals surface area contributed by atoms with E-state index in [0.717, 1.165) is 6.42 Å². The molecule has 20 heavy (non-hydrogen) atoms. The standard InChI is InChI=1S/C14H19N3O3/c1-2-3-14(13(19)20)4-8-17(9-5-14)12(18)11-10-15-6-7-16-11/h6-7,10H,2-5,8-9H2,1H3,(H,19,20). The molecule has 0 saturated carbocycles. The van der Waals surface area contributed by atoms with E-state index < -0.39 is 11.4 Å². The summed E-state index contributed by atoms with van der Waals surface area (Å²) >= 11 is 0. The normalized spacial score (nSPS) is 17.8. The molecule has 0 unspecified atom stereocenters. The number of carboxylic acid groups (broad SMARTS) is 1. The predicted octanol–water partition coefficient (Wildman–Crippen LogP) is 1.58. The molecule has 1 fully saturated rings. The molecule has 1 saturated heterocycles. The van der Waals surface area contributed by atoms with Crippen LogP contribution in [0.5, 0.6) is 0 Å². The number of piperidine rings is 1. The zero-order chi connectivity index (χ0) is 14.6. The summed E-state index contributed by atoms with van der Waals surface area (Å²) in [6.45, 7) is 2.91. The lowest BCUT2D eigenvalue weighted by atomic mass is 9.75. The topological polar surface area (TPSA) is 83.4 Å². The first-order valence-electron chi connectivity index (χ1n) is 6.88. The number of carbonyl (C=O) groups is 2. The van der Waals surface area contributed by atoms with Gasteiger partial charge >= 0.3 is 5.97 Å². The third-order valence-electron chi connectivity index (χ3n) is 3.97. The largest absolute Gasteiger partial charge is 0.481 e. The molecule has 0 atom stereocenters. The highest BCUT2D eigenvalue weighted by Crippen LogP contribution is 2.36. The number of carboxylic acids is 1. The van der Waals surface area contributed by atoms with Crippen LogP contribution in [0.3, 0.4) is 0 Å². The Balaban J connectivity index is 2.04. The number of hydrogen-bond donors (Lipinski definition) is 1. The lowest BCUT2D eigenvalue weighted by molar-refractivity contribution is -0.152. The molecule has 2 rings (SSSR count). The van der Waals surface area contributed by atoms with E-state index >= 15 is 0 Å². The Kier molecular flexibility index (Phi) is 4.32. The Bertz CT molecular complexity index is 482. The van der Waals surface area contributed by atoms with Crippen molar-refractivity contribution in [2.45, 2.75) is 32.6 Å². The Morgan fingerprint density at radius 3 is 2.55 bits per heavy atom. The Hall–Kier alpha value is -1.98. The third kappa shape index (κ3) is 2.79. The van der Waals surface area contributed by atoms with Crippen LogP contribution >= 0.6 is 0 Å². The maximum Gasteiger partial charge on any atom is 0.309 e. The number of carbonyl (C=O) groups excluding carboxylic acids is 1. The van der Waals surface area contributed by atoms with Gasteiger partial charge in [-0.25, -0.2) is 4.98 Å². The third-order valence-corrected chi connectivity index (χ3v) is 3.97. The maximum absolute atomic E-state index is 12.2. The van der Waals surface area contributed by atoms with E-state index in [1.54, 1.807) is 4.90 Å². The van der Waals surface area contributed by atoms with E-state index in [4.69, 9.17) is 0 Å². The van der Waals surface area contributed by atoms with E-state index in [0.29, 0.717) is 38.0 Å². The van der Waals surface area contributed by atoms with Crippen LogP contribution in [0.2, 0.25) is 0 Å². The highest BCUT2D eigenvalue weighted by molar-refractivity contribution is 5.92. The molecule has 0 radical (unpaired) electrons. The first-order chi connectivity index (χ1) is 9.59. The zero-order valence-corrected chi connectivity index (χ0v) is 11.6. The molecule has 6 heteroatoms. The number of likely N-dealkylation sites (tertiary alicyclic amines) is 1. The second-order valence-corrected chi connectivity index (χ2v) is 5.22. The van der Waals surface area contributed by atoms with Crippen LogP contribution in [-0.2, 0) is 4.79 Å². The summed E-state index contributed by atoms with van der Waals surface area (Å²) in [7, 11) is 0. The Morgan fingerprint density at radius 1 is 1.35 bits per heavy atom. The molecular formula is C14H19N3O3. The first-order valence-corrected chi connectivity index (χ1v) is 6.88. The van der Waals surface area contributed by atoms with E-state index in [1.165, 1.54) is 18.6 Å². The summed E-state index contributed by atoms with van der Waals surface area (Å²) in [5, 5.41) is 9.44. The number of rotatable bonds is 4. The molecule has 2 heterocycles. The van der Waals surface area contributed by atoms with E-state index in [9.17, 15) is 14.7 Å². The molecule has 6 nitrogen and oxygen atoms in total. The Morgan fingerprint density at radius 2 is 2.05 bits per heavy atom. The van der Waals surface area contributed by atoms with Gasteiger partial charge in [0.25, 0.3) is 5.91 Å². The van der Waals surface area contributed by atoms with Gasteiger partial charge in [0.05, 0.1) is 11.6 Å². The summed E-state index contributed by atoms with van der Waals surface area (Å²) < 4.78 is 0. The zero-order valence-electron chi connectivity index (χ0n) is 11.6. The molecule has 1 N–H and O–H groups in total. The fourth-order valence-electron chi connectivity index (χ4n) is 2.76. The van der Waals surface area contributed by atoms with Gasteiger partial charge in [-0.3, -0.25) is 14.6 Å². The molecule has 0 aromatic carbocycles. The molecule has 0 bridgehead atoms. The second kappa shape index (κ2) is 5.98. The van der Waals surface area contributed by atoms with Crippen molar-refractivity contribution in [1.82, 2.24) is 14.9 Å². The minimum absolute atomic E-state index is 0.173. The number of aliphatic carboxylic acids is 1. The highest BCUT2D eigenvalue weighted by atomic mass is 16.4. The fraction of sp³-hybridized carbons (Fsp3) is 0.571. The summed E-state index contributed by atoms with van der Waals surface area (Å²) in [6.07, 6.45) is 6.94. The molecule has 1 amide bonds. The lowest BCUT2D eigenvalue weighted by Crippen LogP contribution is -2.46. The molecule has 0 spiro atoms. The van der Waals surface area contributed by atoms with Gasteiger partial charge in [-0.15, -0.1) is 0 Å². The molecule has 1 aromatic heterocycles. The lowest BCUT2D eigenvalue weighted by Gasteiger charge is -2.38. The molecule has 0 aliphatic carbocycles. The summed E-state index contributed by atoms with van der Waals surface area (Å²) in [6, 6.07) is 0.